The van der Waals surface area contributed by atoms with Crippen LogP contribution in [-0.2, 0) is 17.6 Å². The van der Waals surface area contributed by atoms with E-state index in [1.807, 2.05) is 0 Å². The first kappa shape index (κ1) is 22.7. The van der Waals surface area contributed by atoms with Gasteiger partial charge in [-0.3, -0.25) is 9.59 Å². The van der Waals surface area contributed by atoms with Crippen molar-refractivity contribution in [3.63, 3.8) is 0 Å². The highest BCUT2D eigenvalue weighted by molar-refractivity contribution is 6.00. The zero-order valence-corrected chi connectivity index (χ0v) is 16.0. The second-order valence-corrected chi connectivity index (χ2v) is 6.94. The van der Waals surface area contributed by atoms with Gasteiger partial charge in [0, 0.05) is 16.9 Å². The maximum atomic E-state index is 13.2. The number of rotatable bonds is 6. The van der Waals surface area contributed by atoms with Crippen molar-refractivity contribution in [2.45, 2.75) is 32.2 Å². The van der Waals surface area contributed by atoms with E-state index in [4.69, 9.17) is 11.0 Å². The van der Waals surface area contributed by atoms with Crippen molar-refractivity contribution in [1.29, 1.82) is 5.26 Å². The van der Waals surface area contributed by atoms with Crippen LogP contribution in [0, 0.1) is 11.3 Å². The molecular formula is C20H18F4N4O2. The van der Waals surface area contributed by atoms with Gasteiger partial charge in [-0.2, -0.15) is 18.4 Å². The molecule has 30 heavy (non-hydrogen) atoms. The minimum atomic E-state index is -4.76. The Morgan fingerprint density at radius 2 is 1.73 bits per heavy atom. The van der Waals surface area contributed by atoms with Gasteiger partial charge < -0.3 is 16.4 Å². The minimum absolute atomic E-state index is 0.00238. The molecule has 2 rings (SSSR count). The minimum Gasteiger partial charge on any atom is -0.372 e. The quantitative estimate of drug-likeness (QED) is 0.612. The van der Waals surface area contributed by atoms with Gasteiger partial charge in [-0.05, 0) is 55.8 Å². The van der Waals surface area contributed by atoms with E-state index < -0.39 is 41.3 Å². The lowest BCUT2D eigenvalue weighted by molar-refractivity contribution is -0.137. The molecule has 0 radical (unpaired) electrons. The molecule has 0 atom stereocenters. The normalized spacial score (nSPS) is 11.5. The lowest BCUT2D eigenvalue weighted by atomic mass is 10.0. The molecule has 6 nitrogen and oxygen atoms in total. The van der Waals surface area contributed by atoms with E-state index in [2.05, 4.69) is 10.6 Å². The van der Waals surface area contributed by atoms with Crippen LogP contribution >= 0.6 is 0 Å². The molecule has 0 saturated heterocycles. The van der Waals surface area contributed by atoms with Crippen LogP contribution < -0.4 is 16.4 Å². The Labute approximate surface area is 169 Å². The number of primary amides is 1. The number of hydrogen-bond donors (Lipinski definition) is 3. The fourth-order valence-electron chi connectivity index (χ4n) is 2.68. The number of carbonyl (C=O) groups is 2. The highest BCUT2D eigenvalue weighted by Gasteiger charge is 2.34. The number of nitrogens with zero attached hydrogens (tertiary/aromatic N) is 1. The van der Waals surface area contributed by atoms with Crippen LogP contribution in [0.1, 0.15) is 40.9 Å². The Kier molecular flexibility index (Phi) is 6.35. The van der Waals surface area contributed by atoms with Gasteiger partial charge in [0.05, 0.1) is 17.2 Å². The summed E-state index contributed by atoms with van der Waals surface area (Å²) in [5.41, 5.74) is 2.32. The van der Waals surface area contributed by atoms with E-state index in [0.29, 0.717) is 11.8 Å². The molecule has 0 aliphatic heterocycles. The van der Waals surface area contributed by atoms with Crippen molar-refractivity contribution < 1.29 is 27.2 Å². The van der Waals surface area contributed by atoms with Gasteiger partial charge in [0.15, 0.2) is 0 Å². The third-order valence-electron chi connectivity index (χ3n) is 4.24. The predicted molar refractivity (Wildman–Crippen MR) is 102 cm³/mol. The van der Waals surface area contributed by atoms with E-state index >= 15 is 0 Å². The number of benzene rings is 2. The van der Waals surface area contributed by atoms with Crippen LogP contribution in [0.2, 0.25) is 0 Å². The molecule has 2 amide bonds. The first-order valence-electron chi connectivity index (χ1n) is 8.58. The molecule has 158 valence electrons. The Balaban J connectivity index is 2.25. The van der Waals surface area contributed by atoms with Crippen LogP contribution in [0.15, 0.2) is 36.4 Å². The molecule has 0 aliphatic carbocycles. The molecule has 0 aliphatic rings. The van der Waals surface area contributed by atoms with Crippen LogP contribution in [0.5, 0.6) is 0 Å². The third kappa shape index (κ3) is 5.05. The van der Waals surface area contributed by atoms with E-state index in [-0.39, 0.29) is 16.8 Å². The maximum absolute atomic E-state index is 13.2. The Morgan fingerprint density at radius 3 is 2.27 bits per heavy atom. The number of alkyl halides is 4. The van der Waals surface area contributed by atoms with E-state index in [1.165, 1.54) is 44.2 Å². The molecule has 4 N–H and O–H groups in total. The van der Waals surface area contributed by atoms with E-state index in [9.17, 15) is 27.2 Å². The van der Waals surface area contributed by atoms with Gasteiger partial charge >= 0.3 is 6.18 Å². The average molecular weight is 422 g/mol. The van der Waals surface area contributed by atoms with Gasteiger partial charge in [0.2, 0.25) is 11.8 Å². The summed E-state index contributed by atoms with van der Waals surface area (Å²) in [6.45, 7) is 1.98. The summed E-state index contributed by atoms with van der Waals surface area (Å²) in [6.07, 6.45) is -4.76. The molecule has 0 heterocycles. The zero-order chi connectivity index (χ0) is 22.7. The summed E-state index contributed by atoms with van der Waals surface area (Å²) >= 11 is 0. The first-order chi connectivity index (χ1) is 13.9. The summed E-state index contributed by atoms with van der Waals surface area (Å²) in [7, 11) is 0. The Bertz CT molecular complexity index is 1030. The van der Waals surface area contributed by atoms with E-state index in [1.54, 1.807) is 0 Å². The summed E-state index contributed by atoms with van der Waals surface area (Å²) < 4.78 is 52.5. The standard InChI is InChI=1S/C20H18F4N4O2/c1-19(2,28-14-5-6-15(17(26)29)12(7-14)9-21)18(30)27-13-4-3-11(10-25)16(8-13)20(22,23)24/h3-8,28H,9H2,1-2H3,(H2,26,29)(H,27,30). The second kappa shape index (κ2) is 8.41. The lowest BCUT2D eigenvalue weighted by Crippen LogP contribution is -2.44. The molecule has 0 fully saturated rings. The smallest absolute Gasteiger partial charge is 0.372 e. The van der Waals surface area contributed by atoms with Crippen molar-refractivity contribution in [3.05, 3.63) is 58.7 Å². The molecule has 2 aromatic rings. The van der Waals surface area contributed by atoms with Crippen molar-refractivity contribution in [1.82, 2.24) is 0 Å². The summed E-state index contributed by atoms with van der Waals surface area (Å²) in [6, 6.07) is 8.34. The first-order valence-corrected chi connectivity index (χ1v) is 8.58. The highest BCUT2D eigenvalue weighted by atomic mass is 19.4. The number of anilines is 2. The molecule has 0 saturated carbocycles. The maximum Gasteiger partial charge on any atom is 0.417 e. The largest absolute Gasteiger partial charge is 0.417 e. The van der Waals surface area contributed by atoms with Crippen molar-refractivity contribution in [2.75, 3.05) is 10.6 Å². The SMILES string of the molecule is CC(C)(Nc1ccc(C(N)=O)c(CF)c1)C(=O)Nc1ccc(C#N)c(C(F)(F)F)c1. The van der Waals surface area contributed by atoms with Gasteiger partial charge in [-0.15, -0.1) is 0 Å². The van der Waals surface area contributed by atoms with Crippen molar-refractivity contribution in [2.24, 2.45) is 5.73 Å². The molecular weight excluding hydrogens is 404 g/mol. The van der Waals surface area contributed by atoms with Crippen molar-refractivity contribution >= 4 is 23.2 Å². The number of halogens is 4. The zero-order valence-electron chi connectivity index (χ0n) is 16.0. The highest BCUT2D eigenvalue weighted by Crippen LogP contribution is 2.33. The topological polar surface area (TPSA) is 108 Å². The van der Waals surface area contributed by atoms with Crippen LogP contribution in [0.4, 0.5) is 28.9 Å². The third-order valence-corrected chi connectivity index (χ3v) is 4.24. The lowest BCUT2D eigenvalue weighted by Gasteiger charge is -2.27. The summed E-state index contributed by atoms with van der Waals surface area (Å²) in [5.74, 6) is -1.48. The molecule has 0 unspecified atom stereocenters. The number of nitrogens with two attached hydrogens (primary N) is 1. The number of amides is 2. The molecule has 10 heteroatoms. The van der Waals surface area contributed by atoms with Crippen molar-refractivity contribution in [3.8, 4) is 6.07 Å². The van der Waals surface area contributed by atoms with Gasteiger partial charge in [-0.1, -0.05) is 0 Å². The predicted octanol–water partition coefficient (Wildman–Crippen LogP) is 3.97. The van der Waals surface area contributed by atoms with Crippen LogP contribution in [0.25, 0.3) is 0 Å². The number of carbonyl (C=O) groups excluding carboxylic acids is 2. The fourth-order valence-corrected chi connectivity index (χ4v) is 2.68. The number of hydrogen-bond acceptors (Lipinski definition) is 4. The monoisotopic (exact) mass is 422 g/mol. The van der Waals surface area contributed by atoms with Gasteiger partial charge in [-0.25, -0.2) is 4.39 Å². The molecule has 0 spiro atoms. The number of nitrogens with one attached hydrogen (secondary N) is 2. The summed E-state index contributed by atoms with van der Waals surface area (Å²) in [4.78, 5) is 23.9. The van der Waals surface area contributed by atoms with Crippen LogP contribution in [-0.4, -0.2) is 17.4 Å². The van der Waals surface area contributed by atoms with Crippen LogP contribution in [0.3, 0.4) is 0 Å². The number of nitriles is 1. The molecule has 0 aromatic heterocycles. The Morgan fingerprint density at radius 1 is 1.10 bits per heavy atom. The average Bonchev–Trinajstić information content (AvgIpc) is 2.66. The van der Waals surface area contributed by atoms with E-state index in [0.717, 1.165) is 6.07 Å². The van der Waals surface area contributed by atoms with Gasteiger partial charge in [0.25, 0.3) is 0 Å². The fraction of sp³-hybridized carbons (Fsp3) is 0.250. The molecule has 0 bridgehead atoms. The second-order valence-electron chi connectivity index (χ2n) is 6.94. The van der Waals surface area contributed by atoms with Gasteiger partial charge in [0.1, 0.15) is 12.2 Å². The molecule has 2 aromatic carbocycles. The Hall–Kier alpha value is -3.61. The summed E-state index contributed by atoms with van der Waals surface area (Å²) in [5, 5.41) is 14.0.